The van der Waals surface area contributed by atoms with Gasteiger partial charge >= 0.3 is 0 Å². The summed E-state index contributed by atoms with van der Waals surface area (Å²) in [6.07, 6.45) is 0. The summed E-state index contributed by atoms with van der Waals surface area (Å²) < 4.78 is 32.3. The Morgan fingerprint density at radius 1 is 0.741 bits per heavy atom. The van der Waals surface area contributed by atoms with Gasteiger partial charge in [0.25, 0.3) is 5.89 Å². The minimum atomic E-state index is 0.108. The molecule has 0 aliphatic rings. The van der Waals surface area contributed by atoms with Crippen LogP contribution in [-0.4, -0.2) is 38.6 Å². The van der Waals surface area contributed by atoms with E-state index < -0.39 is 0 Å². The lowest BCUT2D eigenvalue weighted by Crippen LogP contribution is -1.97. The third-order valence-electron chi connectivity index (χ3n) is 3.78. The van der Waals surface area contributed by atoms with Crippen LogP contribution in [0.15, 0.2) is 40.8 Å². The van der Waals surface area contributed by atoms with Crippen molar-refractivity contribution in [3.8, 4) is 40.2 Å². The fraction of sp³-hybridized carbons (Fsp3) is 0.263. The first kappa shape index (κ1) is 18.4. The molecule has 0 aliphatic heterocycles. The summed E-state index contributed by atoms with van der Waals surface area (Å²) in [5.41, 5.74) is 0.717. The zero-order valence-corrected chi connectivity index (χ0v) is 15.5. The Morgan fingerprint density at radius 2 is 1.41 bits per heavy atom. The molecule has 0 radical (unpaired) electrons. The summed E-state index contributed by atoms with van der Waals surface area (Å²) in [7, 11) is 6.29. The van der Waals surface area contributed by atoms with Crippen molar-refractivity contribution in [2.24, 2.45) is 0 Å². The Labute approximate surface area is 156 Å². The summed E-state index contributed by atoms with van der Waals surface area (Å²) in [5.74, 6) is 3.71. The monoisotopic (exact) mass is 372 g/mol. The highest BCUT2D eigenvalue weighted by molar-refractivity contribution is 5.59. The van der Waals surface area contributed by atoms with Crippen molar-refractivity contribution in [3.05, 3.63) is 42.3 Å². The molecule has 1 heterocycles. The predicted molar refractivity (Wildman–Crippen MR) is 96.7 cm³/mol. The van der Waals surface area contributed by atoms with Gasteiger partial charge in [-0.3, -0.25) is 0 Å². The number of methoxy groups -OCH3 is 4. The Kier molecular flexibility index (Phi) is 5.65. The quantitative estimate of drug-likeness (QED) is 0.595. The van der Waals surface area contributed by atoms with Crippen LogP contribution in [0.3, 0.4) is 0 Å². The van der Waals surface area contributed by atoms with E-state index in [1.165, 1.54) is 0 Å². The smallest absolute Gasteiger partial charge is 0.254 e. The fourth-order valence-electron chi connectivity index (χ4n) is 2.41. The second kappa shape index (κ2) is 8.31. The maximum atomic E-state index is 5.71. The van der Waals surface area contributed by atoms with Gasteiger partial charge in [0.05, 0.1) is 28.4 Å². The van der Waals surface area contributed by atoms with Crippen molar-refractivity contribution in [2.75, 3.05) is 28.4 Å². The van der Waals surface area contributed by atoms with Crippen molar-refractivity contribution >= 4 is 0 Å². The Morgan fingerprint density at radius 3 is 2.04 bits per heavy atom. The second-order valence-electron chi connectivity index (χ2n) is 5.41. The minimum Gasteiger partial charge on any atom is -0.496 e. The molecule has 3 rings (SSSR count). The van der Waals surface area contributed by atoms with E-state index in [-0.39, 0.29) is 6.61 Å². The summed E-state index contributed by atoms with van der Waals surface area (Å²) >= 11 is 0. The van der Waals surface area contributed by atoms with Crippen LogP contribution >= 0.6 is 0 Å². The summed E-state index contributed by atoms with van der Waals surface area (Å²) in [4.78, 5) is 0. The van der Waals surface area contributed by atoms with Crippen LogP contribution in [0.2, 0.25) is 0 Å². The molecule has 0 fully saturated rings. The molecule has 0 aliphatic carbocycles. The average Bonchev–Trinajstić information content (AvgIpc) is 3.20. The summed E-state index contributed by atoms with van der Waals surface area (Å²) in [5, 5.41) is 8.07. The molecular weight excluding hydrogens is 352 g/mol. The first-order valence-corrected chi connectivity index (χ1v) is 8.07. The number of benzene rings is 2. The van der Waals surface area contributed by atoms with E-state index in [9.17, 15) is 0 Å². The van der Waals surface area contributed by atoms with Crippen molar-refractivity contribution in [3.63, 3.8) is 0 Å². The molecule has 2 aromatic carbocycles. The average molecular weight is 372 g/mol. The first-order valence-electron chi connectivity index (χ1n) is 8.07. The van der Waals surface area contributed by atoms with Crippen LogP contribution in [0.4, 0.5) is 0 Å². The number of ether oxygens (including phenoxy) is 5. The molecule has 0 amide bonds. The van der Waals surface area contributed by atoms with Crippen LogP contribution in [0.1, 0.15) is 5.89 Å². The van der Waals surface area contributed by atoms with Crippen molar-refractivity contribution < 1.29 is 28.1 Å². The molecule has 0 spiro atoms. The standard InChI is InChI=1S/C19H20N2O6/c1-22-13-8-14(23-2)10-15(9-13)26-11-18-20-21-19(27-18)12-5-6-16(24-3)17(7-12)25-4/h5-10H,11H2,1-4H3. The van der Waals surface area contributed by atoms with Crippen LogP contribution in [0.5, 0.6) is 28.7 Å². The van der Waals surface area contributed by atoms with Crippen molar-refractivity contribution in [2.45, 2.75) is 6.61 Å². The van der Waals surface area contributed by atoms with Gasteiger partial charge in [-0.05, 0) is 18.2 Å². The van der Waals surface area contributed by atoms with Crippen LogP contribution in [0, 0.1) is 0 Å². The van der Waals surface area contributed by atoms with Crippen molar-refractivity contribution in [1.29, 1.82) is 0 Å². The Hall–Kier alpha value is -3.42. The first-order chi connectivity index (χ1) is 13.2. The molecule has 8 heteroatoms. The zero-order chi connectivity index (χ0) is 19.2. The third kappa shape index (κ3) is 4.22. The van der Waals surface area contributed by atoms with E-state index in [0.717, 1.165) is 5.56 Å². The van der Waals surface area contributed by atoms with E-state index in [0.29, 0.717) is 40.5 Å². The Bertz CT molecular complexity index is 887. The SMILES string of the molecule is COc1cc(OC)cc(OCc2nnc(-c3ccc(OC)c(OC)c3)o2)c1. The van der Waals surface area contributed by atoms with E-state index in [4.69, 9.17) is 28.1 Å². The van der Waals surface area contributed by atoms with Gasteiger partial charge < -0.3 is 28.1 Å². The van der Waals surface area contributed by atoms with Gasteiger partial charge in [-0.25, -0.2) is 0 Å². The molecule has 27 heavy (non-hydrogen) atoms. The van der Waals surface area contributed by atoms with Gasteiger partial charge in [-0.2, -0.15) is 0 Å². The van der Waals surface area contributed by atoms with Crippen LogP contribution in [-0.2, 0) is 6.61 Å². The zero-order valence-electron chi connectivity index (χ0n) is 15.5. The second-order valence-corrected chi connectivity index (χ2v) is 5.41. The maximum Gasteiger partial charge on any atom is 0.254 e. The van der Waals surface area contributed by atoms with E-state index >= 15 is 0 Å². The summed E-state index contributed by atoms with van der Waals surface area (Å²) in [6, 6.07) is 10.6. The summed E-state index contributed by atoms with van der Waals surface area (Å²) in [6.45, 7) is 0.108. The molecule has 8 nitrogen and oxygen atoms in total. The van der Waals surface area contributed by atoms with E-state index in [1.807, 2.05) is 6.07 Å². The highest BCUT2D eigenvalue weighted by atomic mass is 16.5. The predicted octanol–water partition coefficient (Wildman–Crippen LogP) is 3.35. The normalized spacial score (nSPS) is 10.4. The molecule has 0 unspecified atom stereocenters. The lowest BCUT2D eigenvalue weighted by Gasteiger charge is -2.09. The van der Waals surface area contributed by atoms with Gasteiger partial charge in [0.1, 0.15) is 17.2 Å². The number of aromatic nitrogens is 2. The molecule has 0 bridgehead atoms. The van der Waals surface area contributed by atoms with Crippen LogP contribution < -0.4 is 23.7 Å². The van der Waals surface area contributed by atoms with Gasteiger partial charge in [-0.15, -0.1) is 10.2 Å². The highest BCUT2D eigenvalue weighted by Crippen LogP contribution is 2.32. The molecule has 1 aromatic heterocycles. The largest absolute Gasteiger partial charge is 0.496 e. The molecule has 0 N–H and O–H groups in total. The molecule has 3 aromatic rings. The lowest BCUT2D eigenvalue weighted by atomic mass is 10.2. The number of rotatable bonds is 8. The van der Waals surface area contributed by atoms with Crippen molar-refractivity contribution in [1.82, 2.24) is 10.2 Å². The third-order valence-corrected chi connectivity index (χ3v) is 3.78. The van der Waals surface area contributed by atoms with Gasteiger partial charge in [0.15, 0.2) is 18.1 Å². The van der Waals surface area contributed by atoms with E-state index in [1.54, 1.807) is 58.8 Å². The Balaban J connectivity index is 1.73. The molecule has 0 saturated heterocycles. The molecule has 142 valence electrons. The molecular formula is C19H20N2O6. The number of hydrogen-bond acceptors (Lipinski definition) is 8. The van der Waals surface area contributed by atoms with Gasteiger partial charge in [0.2, 0.25) is 5.89 Å². The maximum absolute atomic E-state index is 5.71. The van der Waals surface area contributed by atoms with Gasteiger partial charge in [-0.1, -0.05) is 0 Å². The molecule has 0 atom stereocenters. The number of nitrogens with zero attached hydrogens (tertiary/aromatic N) is 2. The fourth-order valence-corrected chi connectivity index (χ4v) is 2.41. The highest BCUT2D eigenvalue weighted by Gasteiger charge is 2.13. The minimum absolute atomic E-state index is 0.108. The van der Waals surface area contributed by atoms with E-state index in [2.05, 4.69) is 10.2 Å². The van der Waals surface area contributed by atoms with Crippen LogP contribution in [0.25, 0.3) is 11.5 Å². The topological polar surface area (TPSA) is 85.1 Å². The lowest BCUT2D eigenvalue weighted by molar-refractivity contribution is 0.261. The number of hydrogen-bond donors (Lipinski definition) is 0. The molecule has 0 saturated carbocycles. The van der Waals surface area contributed by atoms with Gasteiger partial charge in [0, 0.05) is 23.8 Å².